The van der Waals surface area contributed by atoms with Crippen molar-refractivity contribution < 1.29 is 9.18 Å². The zero-order valence-corrected chi connectivity index (χ0v) is 12.0. The van der Waals surface area contributed by atoms with Crippen molar-refractivity contribution in [1.82, 2.24) is 5.32 Å². The number of rotatable bonds is 3. The van der Waals surface area contributed by atoms with Gasteiger partial charge in [-0.25, -0.2) is 4.39 Å². The van der Waals surface area contributed by atoms with E-state index in [2.05, 4.69) is 21.2 Å². The lowest BCUT2D eigenvalue weighted by atomic mass is 10.1. The lowest BCUT2D eigenvalue weighted by Gasteiger charge is -2.07. The highest BCUT2D eigenvalue weighted by atomic mass is 79.9. The van der Waals surface area contributed by atoms with Crippen LogP contribution in [0, 0.1) is 12.7 Å². The summed E-state index contributed by atoms with van der Waals surface area (Å²) in [5, 5.41) is 2.71. The molecule has 0 bridgehead atoms. The van der Waals surface area contributed by atoms with Crippen LogP contribution in [0.2, 0.25) is 0 Å². The van der Waals surface area contributed by atoms with Gasteiger partial charge in [0.1, 0.15) is 5.82 Å². The van der Waals surface area contributed by atoms with Crippen molar-refractivity contribution in [1.29, 1.82) is 0 Å². The van der Waals surface area contributed by atoms with Crippen LogP contribution in [-0.2, 0) is 6.54 Å². The van der Waals surface area contributed by atoms with Crippen molar-refractivity contribution in [3.05, 3.63) is 69.4 Å². The maximum Gasteiger partial charge on any atom is 0.254 e. The van der Waals surface area contributed by atoms with Crippen LogP contribution in [0.1, 0.15) is 21.5 Å². The van der Waals surface area contributed by atoms with Gasteiger partial charge < -0.3 is 5.32 Å². The first-order valence-electron chi connectivity index (χ1n) is 5.85. The van der Waals surface area contributed by atoms with Gasteiger partial charge in [0.25, 0.3) is 5.91 Å². The second-order valence-electron chi connectivity index (χ2n) is 4.25. The van der Waals surface area contributed by atoms with E-state index in [1.54, 1.807) is 19.1 Å². The molecule has 0 aliphatic heterocycles. The first kappa shape index (κ1) is 13.7. The van der Waals surface area contributed by atoms with Gasteiger partial charge in [-0.05, 0) is 36.2 Å². The summed E-state index contributed by atoms with van der Waals surface area (Å²) < 4.78 is 14.7. The van der Waals surface area contributed by atoms with Gasteiger partial charge in [0.05, 0.1) is 5.56 Å². The summed E-state index contributed by atoms with van der Waals surface area (Å²) in [7, 11) is 0. The molecule has 98 valence electrons. The molecule has 0 spiro atoms. The molecule has 0 aromatic heterocycles. The average molecular weight is 322 g/mol. The number of carbonyl (C=O) groups is 1. The topological polar surface area (TPSA) is 29.1 Å². The average Bonchev–Trinajstić information content (AvgIpc) is 2.39. The molecule has 19 heavy (non-hydrogen) atoms. The molecule has 2 nitrogen and oxygen atoms in total. The van der Waals surface area contributed by atoms with Gasteiger partial charge >= 0.3 is 0 Å². The monoisotopic (exact) mass is 321 g/mol. The highest BCUT2D eigenvalue weighted by Gasteiger charge is 2.12. The quantitative estimate of drug-likeness (QED) is 0.914. The number of benzene rings is 2. The van der Waals surface area contributed by atoms with E-state index in [4.69, 9.17) is 0 Å². The van der Waals surface area contributed by atoms with E-state index in [1.807, 2.05) is 24.3 Å². The third kappa shape index (κ3) is 3.41. The van der Waals surface area contributed by atoms with Crippen LogP contribution < -0.4 is 5.32 Å². The summed E-state index contributed by atoms with van der Waals surface area (Å²) >= 11 is 3.36. The maximum absolute atomic E-state index is 13.8. The van der Waals surface area contributed by atoms with Crippen molar-refractivity contribution in [2.24, 2.45) is 0 Å². The summed E-state index contributed by atoms with van der Waals surface area (Å²) in [6, 6.07) is 12.4. The number of hydrogen-bond acceptors (Lipinski definition) is 1. The normalized spacial score (nSPS) is 10.3. The molecule has 0 saturated carbocycles. The Kier molecular flexibility index (Phi) is 4.32. The maximum atomic E-state index is 13.8. The van der Waals surface area contributed by atoms with Gasteiger partial charge in [-0.1, -0.05) is 40.2 Å². The summed E-state index contributed by atoms with van der Waals surface area (Å²) in [6.07, 6.45) is 0. The number of hydrogen-bond donors (Lipinski definition) is 1. The highest BCUT2D eigenvalue weighted by Crippen LogP contribution is 2.13. The number of carbonyl (C=O) groups excluding carboxylic acids is 1. The van der Waals surface area contributed by atoms with Crippen LogP contribution in [0.4, 0.5) is 4.39 Å². The molecule has 2 rings (SSSR count). The van der Waals surface area contributed by atoms with Crippen molar-refractivity contribution in [2.45, 2.75) is 13.5 Å². The molecule has 0 saturated heterocycles. The van der Waals surface area contributed by atoms with Crippen molar-refractivity contribution in [3.8, 4) is 0 Å². The zero-order valence-electron chi connectivity index (χ0n) is 10.4. The SMILES string of the molecule is Cc1cccc(C(=O)NCc2cccc(Br)c2)c1F. The Balaban J connectivity index is 2.08. The second kappa shape index (κ2) is 5.97. The number of aryl methyl sites for hydroxylation is 1. The molecular weight excluding hydrogens is 309 g/mol. The van der Waals surface area contributed by atoms with Gasteiger partial charge in [-0.2, -0.15) is 0 Å². The van der Waals surface area contributed by atoms with Crippen LogP contribution in [0.3, 0.4) is 0 Å². The fourth-order valence-corrected chi connectivity index (χ4v) is 2.19. The smallest absolute Gasteiger partial charge is 0.254 e. The fourth-order valence-electron chi connectivity index (χ4n) is 1.75. The lowest BCUT2D eigenvalue weighted by Crippen LogP contribution is -2.24. The Bertz CT molecular complexity index is 613. The molecule has 1 amide bonds. The molecule has 0 atom stereocenters. The Hall–Kier alpha value is -1.68. The predicted molar refractivity (Wildman–Crippen MR) is 76.4 cm³/mol. The van der Waals surface area contributed by atoms with Crippen LogP contribution in [-0.4, -0.2) is 5.91 Å². The van der Waals surface area contributed by atoms with Gasteiger partial charge in [0, 0.05) is 11.0 Å². The van der Waals surface area contributed by atoms with E-state index in [1.165, 1.54) is 6.07 Å². The minimum atomic E-state index is -0.464. The molecule has 4 heteroatoms. The minimum absolute atomic E-state index is 0.0787. The van der Waals surface area contributed by atoms with Crippen LogP contribution in [0.25, 0.3) is 0 Å². The predicted octanol–water partition coefficient (Wildman–Crippen LogP) is 3.83. The third-order valence-corrected chi connectivity index (χ3v) is 3.27. The summed E-state index contributed by atoms with van der Waals surface area (Å²) in [4.78, 5) is 11.9. The standard InChI is InChI=1S/C15H13BrFNO/c1-10-4-2-7-13(14(10)17)15(19)18-9-11-5-3-6-12(16)8-11/h2-8H,9H2,1H3,(H,18,19). The summed E-state index contributed by atoms with van der Waals surface area (Å²) in [5.41, 5.74) is 1.50. The number of nitrogens with one attached hydrogen (secondary N) is 1. The zero-order chi connectivity index (χ0) is 13.8. The minimum Gasteiger partial charge on any atom is -0.348 e. The Morgan fingerprint density at radius 3 is 2.74 bits per heavy atom. The van der Waals surface area contributed by atoms with Gasteiger partial charge in [0.15, 0.2) is 0 Å². The largest absolute Gasteiger partial charge is 0.348 e. The van der Waals surface area contributed by atoms with E-state index in [0.29, 0.717) is 12.1 Å². The highest BCUT2D eigenvalue weighted by molar-refractivity contribution is 9.10. The first-order valence-corrected chi connectivity index (χ1v) is 6.65. The third-order valence-electron chi connectivity index (χ3n) is 2.78. The molecule has 0 unspecified atom stereocenters. The van der Waals surface area contributed by atoms with E-state index in [9.17, 15) is 9.18 Å². The fraction of sp³-hybridized carbons (Fsp3) is 0.133. The molecule has 2 aromatic carbocycles. The molecule has 0 aliphatic rings. The van der Waals surface area contributed by atoms with Crippen molar-refractivity contribution in [2.75, 3.05) is 0 Å². The van der Waals surface area contributed by atoms with E-state index in [0.717, 1.165) is 10.0 Å². The van der Waals surface area contributed by atoms with E-state index >= 15 is 0 Å². The first-order chi connectivity index (χ1) is 9.08. The van der Waals surface area contributed by atoms with Crippen LogP contribution >= 0.6 is 15.9 Å². The molecule has 0 heterocycles. The van der Waals surface area contributed by atoms with Crippen molar-refractivity contribution in [3.63, 3.8) is 0 Å². The molecule has 2 aromatic rings. The van der Waals surface area contributed by atoms with Gasteiger partial charge in [0.2, 0.25) is 0 Å². The summed E-state index contributed by atoms with van der Waals surface area (Å²) in [6.45, 7) is 2.01. The Morgan fingerprint density at radius 1 is 1.26 bits per heavy atom. The van der Waals surface area contributed by atoms with Crippen molar-refractivity contribution >= 4 is 21.8 Å². The molecule has 0 fully saturated rings. The number of amides is 1. The molecule has 1 N–H and O–H groups in total. The Labute approximate surface area is 119 Å². The lowest BCUT2D eigenvalue weighted by molar-refractivity contribution is 0.0946. The van der Waals surface area contributed by atoms with E-state index in [-0.39, 0.29) is 5.56 Å². The molecular formula is C15H13BrFNO. The Morgan fingerprint density at radius 2 is 2.00 bits per heavy atom. The van der Waals surface area contributed by atoms with Gasteiger partial charge in [-0.15, -0.1) is 0 Å². The van der Waals surface area contributed by atoms with Gasteiger partial charge in [-0.3, -0.25) is 4.79 Å². The number of halogens is 2. The second-order valence-corrected chi connectivity index (χ2v) is 5.16. The molecule has 0 radical (unpaired) electrons. The molecule has 0 aliphatic carbocycles. The van der Waals surface area contributed by atoms with Crippen LogP contribution in [0.15, 0.2) is 46.9 Å². The van der Waals surface area contributed by atoms with Crippen LogP contribution in [0.5, 0.6) is 0 Å². The van der Waals surface area contributed by atoms with E-state index < -0.39 is 11.7 Å². The summed E-state index contributed by atoms with van der Waals surface area (Å²) in [5.74, 6) is -0.865.